The lowest BCUT2D eigenvalue weighted by Gasteiger charge is -2.23. The van der Waals surface area contributed by atoms with Crippen molar-refractivity contribution in [2.45, 2.75) is 12.5 Å². The smallest absolute Gasteiger partial charge is 0.325 e. The van der Waals surface area contributed by atoms with Gasteiger partial charge in [-0.3, -0.25) is 9.69 Å². The molecule has 6 nitrogen and oxygen atoms in total. The second-order valence-electron chi connectivity index (χ2n) is 5.91. The zero-order valence-corrected chi connectivity index (χ0v) is 15.4. The molecule has 7 heteroatoms. The highest BCUT2D eigenvalue weighted by molar-refractivity contribution is 14.1. The summed E-state index contributed by atoms with van der Waals surface area (Å²) < 4.78 is 1.08. The van der Waals surface area contributed by atoms with Crippen molar-refractivity contribution in [2.75, 3.05) is 6.54 Å². The van der Waals surface area contributed by atoms with Gasteiger partial charge in [-0.25, -0.2) is 9.78 Å². The third kappa shape index (κ3) is 3.11. The predicted octanol–water partition coefficient (Wildman–Crippen LogP) is 3.00. The van der Waals surface area contributed by atoms with E-state index in [1.165, 1.54) is 4.90 Å². The lowest BCUT2D eigenvalue weighted by atomic mass is 10.0. The Morgan fingerprint density at radius 3 is 2.68 bits per heavy atom. The quantitative estimate of drug-likeness (QED) is 0.478. The summed E-state index contributed by atoms with van der Waals surface area (Å²) in [6, 6.07) is 14.9. The first-order valence-corrected chi connectivity index (χ1v) is 8.98. The number of halogens is 1. The average molecular weight is 446 g/mol. The number of amides is 3. The summed E-state index contributed by atoms with van der Waals surface area (Å²) in [6.07, 6.45) is 0.511. The molecule has 0 radical (unpaired) electrons. The summed E-state index contributed by atoms with van der Waals surface area (Å²) >= 11 is 2.24. The van der Waals surface area contributed by atoms with Crippen LogP contribution in [0.15, 0.2) is 48.5 Å². The van der Waals surface area contributed by atoms with E-state index >= 15 is 0 Å². The minimum Gasteiger partial charge on any atom is -0.340 e. The van der Waals surface area contributed by atoms with Gasteiger partial charge < -0.3 is 10.3 Å². The molecule has 0 saturated carbocycles. The summed E-state index contributed by atoms with van der Waals surface area (Å²) in [7, 11) is 0. The number of carbonyl (C=O) groups is 2. The number of aromatic nitrogens is 2. The van der Waals surface area contributed by atoms with Gasteiger partial charge in [0.15, 0.2) is 0 Å². The van der Waals surface area contributed by atoms with Crippen molar-refractivity contribution in [2.24, 2.45) is 0 Å². The van der Waals surface area contributed by atoms with Gasteiger partial charge in [-0.05, 0) is 46.4 Å². The Morgan fingerprint density at radius 2 is 1.96 bits per heavy atom. The topological polar surface area (TPSA) is 78.1 Å². The van der Waals surface area contributed by atoms with E-state index in [1.807, 2.05) is 48.5 Å². The van der Waals surface area contributed by atoms with Crippen LogP contribution in [0.3, 0.4) is 0 Å². The van der Waals surface area contributed by atoms with Gasteiger partial charge in [-0.1, -0.05) is 30.3 Å². The van der Waals surface area contributed by atoms with Crippen LogP contribution in [-0.2, 0) is 11.2 Å². The van der Waals surface area contributed by atoms with Crippen LogP contribution in [0, 0.1) is 3.57 Å². The van der Waals surface area contributed by atoms with E-state index in [1.54, 1.807) is 0 Å². The lowest BCUT2D eigenvalue weighted by Crippen LogP contribution is -2.36. The molecule has 1 fully saturated rings. The Balaban J connectivity index is 1.78. The molecule has 1 saturated heterocycles. The molecule has 1 aliphatic heterocycles. The largest absolute Gasteiger partial charge is 0.340 e. The minimum absolute atomic E-state index is 0.0300. The SMILES string of the molecule is O=C1CNC(=O)N1[C@@H](Cc1ccccc1)c1nc2cc(I)ccc2[nH]1. The Hall–Kier alpha value is -2.42. The second kappa shape index (κ2) is 6.47. The number of carbonyl (C=O) groups excluding carboxylic acids is 2. The van der Waals surface area contributed by atoms with Gasteiger partial charge >= 0.3 is 6.03 Å². The maximum atomic E-state index is 12.3. The predicted molar refractivity (Wildman–Crippen MR) is 102 cm³/mol. The number of H-pyrrole nitrogens is 1. The molecular formula is C18H15IN4O2. The zero-order chi connectivity index (χ0) is 17.4. The zero-order valence-electron chi connectivity index (χ0n) is 13.2. The molecule has 3 aromatic rings. The molecule has 2 aromatic carbocycles. The first-order chi connectivity index (χ1) is 12.1. The first-order valence-electron chi connectivity index (χ1n) is 7.91. The van der Waals surface area contributed by atoms with Gasteiger partial charge in [-0.15, -0.1) is 0 Å². The van der Waals surface area contributed by atoms with Crippen LogP contribution in [0.1, 0.15) is 17.4 Å². The Bertz CT molecular complexity index is 938. The van der Waals surface area contributed by atoms with Crippen molar-refractivity contribution < 1.29 is 9.59 Å². The number of fused-ring (bicyclic) bond motifs is 1. The average Bonchev–Trinajstić information content (AvgIpc) is 3.17. The molecule has 1 aromatic heterocycles. The van der Waals surface area contributed by atoms with Gasteiger partial charge in [0, 0.05) is 9.99 Å². The first kappa shape index (κ1) is 16.1. The molecule has 1 atom stereocenters. The Morgan fingerprint density at radius 1 is 1.16 bits per heavy atom. The lowest BCUT2D eigenvalue weighted by molar-refractivity contribution is -0.126. The molecule has 2 heterocycles. The molecule has 4 rings (SSSR count). The Labute approximate surface area is 157 Å². The molecule has 25 heavy (non-hydrogen) atoms. The molecule has 1 aliphatic rings. The molecule has 0 unspecified atom stereocenters. The highest BCUT2D eigenvalue weighted by Crippen LogP contribution is 2.27. The molecule has 0 aliphatic carbocycles. The van der Waals surface area contributed by atoms with Gasteiger partial charge in [0.05, 0.1) is 17.6 Å². The fourth-order valence-electron chi connectivity index (χ4n) is 3.05. The van der Waals surface area contributed by atoms with Gasteiger partial charge in [0.1, 0.15) is 11.9 Å². The third-order valence-electron chi connectivity index (χ3n) is 4.24. The van der Waals surface area contributed by atoms with Crippen LogP contribution in [0.25, 0.3) is 11.0 Å². The number of nitrogens with one attached hydrogen (secondary N) is 2. The summed E-state index contributed by atoms with van der Waals surface area (Å²) in [5.41, 5.74) is 2.75. The van der Waals surface area contributed by atoms with E-state index in [0.717, 1.165) is 20.2 Å². The van der Waals surface area contributed by atoms with Crippen LogP contribution in [0.5, 0.6) is 0 Å². The highest BCUT2D eigenvalue weighted by Gasteiger charge is 2.37. The summed E-state index contributed by atoms with van der Waals surface area (Å²) in [5.74, 6) is 0.382. The van der Waals surface area contributed by atoms with Crippen molar-refractivity contribution in [1.29, 1.82) is 0 Å². The fraction of sp³-hybridized carbons (Fsp3) is 0.167. The summed E-state index contributed by atoms with van der Waals surface area (Å²) in [4.78, 5) is 33.7. The van der Waals surface area contributed by atoms with Gasteiger partial charge in [-0.2, -0.15) is 0 Å². The van der Waals surface area contributed by atoms with Crippen LogP contribution >= 0.6 is 22.6 Å². The van der Waals surface area contributed by atoms with E-state index in [-0.39, 0.29) is 18.5 Å². The number of urea groups is 1. The van der Waals surface area contributed by atoms with E-state index in [2.05, 4.69) is 37.9 Å². The van der Waals surface area contributed by atoms with Crippen LogP contribution in [0.2, 0.25) is 0 Å². The molecule has 126 valence electrons. The standard InChI is InChI=1S/C18H15IN4O2/c19-12-6-7-13-14(9-12)22-17(21-13)15(8-11-4-2-1-3-5-11)23-16(24)10-20-18(23)25/h1-7,9,15H,8,10H2,(H,20,25)(H,21,22)/t15-/m0/s1. The minimum atomic E-state index is -0.470. The van der Waals surface area contributed by atoms with E-state index in [4.69, 9.17) is 0 Å². The van der Waals surface area contributed by atoms with Crippen LogP contribution < -0.4 is 5.32 Å². The van der Waals surface area contributed by atoms with E-state index in [0.29, 0.717) is 12.2 Å². The number of imide groups is 1. The second-order valence-corrected chi connectivity index (χ2v) is 7.16. The van der Waals surface area contributed by atoms with Gasteiger partial charge in [0.25, 0.3) is 5.91 Å². The van der Waals surface area contributed by atoms with Crippen molar-refractivity contribution in [1.82, 2.24) is 20.2 Å². The summed E-state index contributed by atoms with van der Waals surface area (Å²) in [5, 5.41) is 2.59. The maximum Gasteiger partial charge on any atom is 0.325 e. The monoisotopic (exact) mass is 446 g/mol. The number of hydrogen-bond donors (Lipinski definition) is 2. The molecule has 0 bridgehead atoms. The number of imidazole rings is 1. The number of benzene rings is 2. The van der Waals surface area contributed by atoms with Crippen molar-refractivity contribution >= 4 is 45.6 Å². The van der Waals surface area contributed by atoms with Crippen molar-refractivity contribution in [3.05, 3.63) is 63.5 Å². The normalized spacial score (nSPS) is 15.6. The number of hydrogen-bond acceptors (Lipinski definition) is 3. The molecule has 3 amide bonds. The summed E-state index contributed by atoms with van der Waals surface area (Å²) in [6.45, 7) is 0.0300. The van der Waals surface area contributed by atoms with Crippen LogP contribution in [-0.4, -0.2) is 33.4 Å². The number of aromatic amines is 1. The number of nitrogens with zero attached hydrogens (tertiary/aromatic N) is 2. The number of rotatable bonds is 4. The molecule has 2 N–H and O–H groups in total. The van der Waals surface area contributed by atoms with Crippen molar-refractivity contribution in [3.8, 4) is 0 Å². The Kier molecular flexibility index (Phi) is 4.16. The van der Waals surface area contributed by atoms with Crippen LogP contribution in [0.4, 0.5) is 4.79 Å². The molecule has 0 spiro atoms. The van der Waals surface area contributed by atoms with Gasteiger partial charge in [0.2, 0.25) is 0 Å². The fourth-order valence-corrected chi connectivity index (χ4v) is 3.53. The third-order valence-corrected chi connectivity index (χ3v) is 4.91. The van der Waals surface area contributed by atoms with Crippen molar-refractivity contribution in [3.63, 3.8) is 0 Å². The maximum absolute atomic E-state index is 12.3. The highest BCUT2D eigenvalue weighted by atomic mass is 127. The van der Waals surface area contributed by atoms with E-state index < -0.39 is 6.04 Å². The van der Waals surface area contributed by atoms with E-state index in [9.17, 15) is 9.59 Å². The molecular weight excluding hydrogens is 431 g/mol.